The predicted octanol–water partition coefficient (Wildman–Crippen LogP) is 4.42. The van der Waals surface area contributed by atoms with E-state index in [1.807, 2.05) is 31.2 Å². The Morgan fingerprint density at radius 3 is 2.72 bits per heavy atom. The summed E-state index contributed by atoms with van der Waals surface area (Å²) in [5.74, 6) is 0.0295. The second kappa shape index (κ2) is 4.26. The minimum Gasteiger partial charge on any atom is -0.358 e. The molecule has 3 aromatic rings. The van der Waals surface area contributed by atoms with Crippen LogP contribution in [0.15, 0.2) is 36.4 Å². The molecule has 90 valence electrons. The van der Waals surface area contributed by atoms with Gasteiger partial charge in [-0.25, -0.2) is 0 Å². The number of H-pyrrole nitrogens is 1. The van der Waals surface area contributed by atoms with Crippen LogP contribution in [0.4, 0.5) is 0 Å². The topological polar surface area (TPSA) is 32.9 Å². The van der Waals surface area contributed by atoms with Gasteiger partial charge in [-0.15, -0.1) is 11.3 Å². The number of nitrogens with one attached hydrogen (secondary N) is 1. The van der Waals surface area contributed by atoms with Crippen LogP contribution in [0.25, 0.3) is 10.9 Å². The van der Waals surface area contributed by atoms with E-state index >= 15 is 0 Å². The summed E-state index contributed by atoms with van der Waals surface area (Å²) in [6.45, 7) is 1.92. The van der Waals surface area contributed by atoms with Gasteiger partial charge in [0.05, 0.1) is 14.8 Å². The van der Waals surface area contributed by atoms with Crippen LogP contribution < -0.4 is 0 Å². The average Bonchev–Trinajstić information content (AvgIpc) is 2.91. The van der Waals surface area contributed by atoms with Crippen molar-refractivity contribution >= 4 is 39.6 Å². The monoisotopic (exact) mass is 275 g/mol. The van der Waals surface area contributed by atoms with E-state index in [2.05, 4.69) is 4.98 Å². The average molecular weight is 276 g/mol. The molecule has 0 aliphatic rings. The summed E-state index contributed by atoms with van der Waals surface area (Å²) in [6.07, 6.45) is 0. The molecule has 0 bridgehead atoms. The predicted molar refractivity (Wildman–Crippen MR) is 75.8 cm³/mol. The van der Waals surface area contributed by atoms with E-state index in [0.29, 0.717) is 9.21 Å². The highest BCUT2D eigenvalue weighted by Gasteiger charge is 2.18. The van der Waals surface area contributed by atoms with E-state index in [4.69, 9.17) is 11.6 Å². The van der Waals surface area contributed by atoms with Gasteiger partial charge in [-0.3, -0.25) is 4.79 Å². The number of thiophene rings is 1. The number of halogens is 1. The summed E-state index contributed by atoms with van der Waals surface area (Å²) in [7, 11) is 0. The molecule has 0 saturated carbocycles. The van der Waals surface area contributed by atoms with Gasteiger partial charge in [0.15, 0.2) is 0 Å². The third kappa shape index (κ3) is 1.76. The molecular formula is C14H10ClNOS. The molecule has 0 amide bonds. The number of carbonyl (C=O) groups is 1. The van der Waals surface area contributed by atoms with Crippen LogP contribution in [-0.4, -0.2) is 10.8 Å². The molecule has 0 saturated heterocycles. The fraction of sp³-hybridized carbons (Fsp3) is 0.0714. The van der Waals surface area contributed by atoms with E-state index in [0.717, 1.165) is 22.2 Å². The first kappa shape index (κ1) is 11.5. The molecule has 0 atom stereocenters. The quantitative estimate of drug-likeness (QED) is 0.690. The standard InChI is InChI=1S/C14H10ClNOS/c1-8-13(9-4-2-3-5-10(9)16-8)14(17)11-6-7-12(15)18-11/h2-7,16H,1H3. The molecule has 1 N–H and O–H groups in total. The number of benzene rings is 1. The van der Waals surface area contributed by atoms with Gasteiger partial charge in [0.25, 0.3) is 0 Å². The van der Waals surface area contributed by atoms with Gasteiger partial charge in [-0.05, 0) is 25.1 Å². The molecule has 0 spiro atoms. The SMILES string of the molecule is Cc1[nH]c2ccccc2c1C(=O)c1ccc(Cl)s1. The highest BCUT2D eigenvalue weighted by molar-refractivity contribution is 7.18. The number of fused-ring (bicyclic) bond motifs is 1. The zero-order valence-electron chi connectivity index (χ0n) is 9.66. The van der Waals surface area contributed by atoms with Crippen LogP contribution in [0.2, 0.25) is 4.34 Å². The van der Waals surface area contributed by atoms with Gasteiger partial charge in [-0.1, -0.05) is 29.8 Å². The van der Waals surface area contributed by atoms with Crippen LogP contribution in [0, 0.1) is 6.92 Å². The maximum absolute atomic E-state index is 12.5. The lowest BCUT2D eigenvalue weighted by molar-refractivity contribution is 0.104. The first-order chi connectivity index (χ1) is 8.66. The molecule has 4 heteroatoms. The maximum atomic E-state index is 12.5. The van der Waals surface area contributed by atoms with E-state index in [1.54, 1.807) is 12.1 Å². The third-order valence-corrected chi connectivity index (χ3v) is 4.15. The molecule has 18 heavy (non-hydrogen) atoms. The molecule has 2 nitrogen and oxygen atoms in total. The van der Waals surface area contributed by atoms with Crippen LogP contribution in [0.3, 0.4) is 0 Å². The van der Waals surface area contributed by atoms with E-state index in [9.17, 15) is 4.79 Å². The molecule has 0 aliphatic heterocycles. The smallest absolute Gasteiger partial charge is 0.205 e. The van der Waals surface area contributed by atoms with Gasteiger partial charge >= 0.3 is 0 Å². The fourth-order valence-electron chi connectivity index (χ4n) is 2.13. The first-order valence-electron chi connectivity index (χ1n) is 5.54. The number of rotatable bonds is 2. The molecule has 3 rings (SSSR count). The summed E-state index contributed by atoms with van der Waals surface area (Å²) in [4.78, 5) is 16.4. The second-order valence-corrected chi connectivity index (χ2v) is 5.82. The number of aromatic nitrogens is 1. The number of carbonyl (C=O) groups excluding carboxylic acids is 1. The third-order valence-electron chi connectivity index (χ3n) is 2.92. The summed E-state index contributed by atoms with van der Waals surface area (Å²) < 4.78 is 0.635. The molecule has 0 radical (unpaired) electrons. The summed E-state index contributed by atoms with van der Waals surface area (Å²) in [6, 6.07) is 11.4. The molecule has 0 unspecified atom stereocenters. The zero-order chi connectivity index (χ0) is 12.7. The number of hydrogen-bond donors (Lipinski definition) is 1. The number of aryl methyl sites for hydroxylation is 1. The van der Waals surface area contributed by atoms with Crippen molar-refractivity contribution in [3.8, 4) is 0 Å². The molecule has 0 fully saturated rings. The minimum atomic E-state index is 0.0295. The van der Waals surface area contributed by atoms with Crippen molar-refractivity contribution in [1.29, 1.82) is 0 Å². The number of aromatic amines is 1. The van der Waals surface area contributed by atoms with Gasteiger partial charge in [0, 0.05) is 16.6 Å². The van der Waals surface area contributed by atoms with Crippen molar-refractivity contribution in [1.82, 2.24) is 4.98 Å². The molecule has 1 aromatic carbocycles. The van der Waals surface area contributed by atoms with Crippen molar-refractivity contribution in [3.05, 3.63) is 56.9 Å². The van der Waals surface area contributed by atoms with E-state index in [-0.39, 0.29) is 5.78 Å². The van der Waals surface area contributed by atoms with Crippen molar-refractivity contribution in [2.24, 2.45) is 0 Å². The van der Waals surface area contributed by atoms with Gasteiger partial charge < -0.3 is 4.98 Å². The lowest BCUT2D eigenvalue weighted by atomic mass is 10.1. The van der Waals surface area contributed by atoms with Gasteiger partial charge in [-0.2, -0.15) is 0 Å². The van der Waals surface area contributed by atoms with Crippen LogP contribution in [0.5, 0.6) is 0 Å². The normalized spacial score (nSPS) is 11.0. The summed E-state index contributed by atoms with van der Waals surface area (Å²) in [5.41, 5.74) is 2.62. The lowest BCUT2D eigenvalue weighted by Gasteiger charge is -1.98. The van der Waals surface area contributed by atoms with Crippen LogP contribution >= 0.6 is 22.9 Å². The van der Waals surface area contributed by atoms with Gasteiger partial charge in [0.2, 0.25) is 5.78 Å². The van der Waals surface area contributed by atoms with E-state index < -0.39 is 0 Å². The van der Waals surface area contributed by atoms with Gasteiger partial charge in [0.1, 0.15) is 0 Å². The summed E-state index contributed by atoms with van der Waals surface area (Å²) in [5, 5.41) is 0.963. The second-order valence-electron chi connectivity index (χ2n) is 4.10. The largest absolute Gasteiger partial charge is 0.358 e. The highest BCUT2D eigenvalue weighted by atomic mass is 35.5. The number of hydrogen-bond acceptors (Lipinski definition) is 2. The van der Waals surface area contributed by atoms with Crippen LogP contribution in [0.1, 0.15) is 20.9 Å². The summed E-state index contributed by atoms with van der Waals surface area (Å²) >= 11 is 7.20. The Morgan fingerprint density at radius 2 is 2.00 bits per heavy atom. The van der Waals surface area contributed by atoms with Crippen LogP contribution in [-0.2, 0) is 0 Å². The molecule has 0 aliphatic carbocycles. The van der Waals surface area contributed by atoms with Crippen molar-refractivity contribution in [3.63, 3.8) is 0 Å². The van der Waals surface area contributed by atoms with Crippen molar-refractivity contribution in [2.75, 3.05) is 0 Å². The molecule has 2 aromatic heterocycles. The number of para-hydroxylation sites is 1. The lowest BCUT2D eigenvalue weighted by Crippen LogP contribution is -1.99. The Balaban J connectivity index is 2.20. The highest BCUT2D eigenvalue weighted by Crippen LogP contribution is 2.28. The Morgan fingerprint density at radius 1 is 1.22 bits per heavy atom. The Hall–Kier alpha value is -1.58. The maximum Gasteiger partial charge on any atom is 0.205 e. The Bertz CT molecular complexity index is 741. The minimum absolute atomic E-state index is 0.0295. The molecule has 2 heterocycles. The number of ketones is 1. The first-order valence-corrected chi connectivity index (χ1v) is 6.73. The fourth-order valence-corrected chi connectivity index (χ4v) is 3.12. The zero-order valence-corrected chi connectivity index (χ0v) is 11.2. The molecular weight excluding hydrogens is 266 g/mol. The van der Waals surface area contributed by atoms with Crippen molar-refractivity contribution < 1.29 is 4.79 Å². The Labute approximate surface area is 113 Å². The Kier molecular flexibility index (Phi) is 2.73. The van der Waals surface area contributed by atoms with E-state index in [1.165, 1.54) is 11.3 Å². The van der Waals surface area contributed by atoms with Crippen molar-refractivity contribution in [2.45, 2.75) is 6.92 Å².